The average molecular weight is 188 g/mol. The Morgan fingerprint density at radius 1 is 1.62 bits per heavy atom. The molecule has 13 heavy (non-hydrogen) atoms. The van der Waals surface area contributed by atoms with Crippen LogP contribution in [0.1, 0.15) is 20.3 Å². The lowest BCUT2D eigenvalue weighted by atomic mass is 9.74. The first-order chi connectivity index (χ1) is 5.94. The molecule has 0 aromatic heterocycles. The molecule has 0 radical (unpaired) electrons. The van der Waals surface area contributed by atoms with Crippen molar-refractivity contribution in [1.82, 2.24) is 0 Å². The van der Waals surface area contributed by atoms with Crippen LogP contribution in [0.15, 0.2) is 0 Å². The van der Waals surface area contributed by atoms with Crippen molar-refractivity contribution in [2.75, 3.05) is 20.3 Å². The summed E-state index contributed by atoms with van der Waals surface area (Å²) in [6, 6.07) is 0. The smallest absolute Gasteiger partial charge is 0.314 e. The Balaban J connectivity index is 2.83. The lowest BCUT2D eigenvalue weighted by molar-refractivity contribution is -0.168. The fourth-order valence-corrected chi connectivity index (χ4v) is 1.49. The van der Waals surface area contributed by atoms with E-state index in [4.69, 9.17) is 4.74 Å². The first-order valence-electron chi connectivity index (χ1n) is 4.32. The molecule has 1 N–H and O–H groups in total. The maximum atomic E-state index is 11.4. The van der Waals surface area contributed by atoms with Gasteiger partial charge in [0.15, 0.2) is 0 Å². The monoisotopic (exact) mass is 188 g/mol. The van der Waals surface area contributed by atoms with Crippen LogP contribution in [-0.2, 0) is 14.3 Å². The Morgan fingerprint density at radius 3 is 2.62 bits per heavy atom. The second-order valence-corrected chi connectivity index (χ2v) is 3.95. The summed E-state index contributed by atoms with van der Waals surface area (Å²) in [6.07, 6.45) is 0.481. The van der Waals surface area contributed by atoms with Crippen LogP contribution in [-0.4, -0.2) is 37.0 Å². The zero-order chi connectivity index (χ0) is 10.1. The predicted octanol–water partition coefficient (Wildman–Crippen LogP) is 0.337. The molecule has 0 bridgehead atoms. The molecule has 0 aromatic rings. The van der Waals surface area contributed by atoms with Gasteiger partial charge in [0.25, 0.3) is 0 Å². The third-order valence-electron chi connectivity index (χ3n) is 2.86. The number of hydrogen-bond acceptors (Lipinski definition) is 4. The largest absolute Gasteiger partial charge is 0.469 e. The standard InChI is InChI=1S/C9H16O4/c1-8(2,7(10)12-3)9(11)4-5-13-6-9/h11H,4-6H2,1-3H3. The van der Waals surface area contributed by atoms with Crippen LogP contribution in [0.2, 0.25) is 0 Å². The van der Waals surface area contributed by atoms with Crippen LogP contribution in [0, 0.1) is 5.41 Å². The third-order valence-corrected chi connectivity index (χ3v) is 2.86. The number of methoxy groups -OCH3 is 1. The minimum absolute atomic E-state index is 0.203. The highest BCUT2D eigenvalue weighted by Gasteiger charge is 2.51. The Bertz CT molecular complexity index is 204. The van der Waals surface area contributed by atoms with Crippen LogP contribution in [0.4, 0.5) is 0 Å². The van der Waals surface area contributed by atoms with E-state index in [9.17, 15) is 9.90 Å². The molecule has 1 aliphatic heterocycles. The van der Waals surface area contributed by atoms with Crippen molar-refractivity contribution in [1.29, 1.82) is 0 Å². The Hall–Kier alpha value is -0.610. The van der Waals surface area contributed by atoms with Gasteiger partial charge in [-0.2, -0.15) is 0 Å². The van der Waals surface area contributed by atoms with Gasteiger partial charge in [0, 0.05) is 13.0 Å². The van der Waals surface area contributed by atoms with Gasteiger partial charge in [-0.25, -0.2) is 0 Å². The second kappa shape index (κ2) is 3.27. The molecule has 0 amide bonds. The molecule has 1 fully saturated rings. The fraction of sp³-hybridized carbons (Fsp3) is 0.889. The third kappa shape index (κ3) is 1.56. The van der Waals surface area contributed by atoms with Crippen molar-refractivity contribution in [3.63, 3.8) is 0 Å². The Labute approximate surface area is 77.8 Å². The number of carbonyl (C=O) groups excluding carboxylic acids is 1. The topological polar surface area (TPSA) is 55.8 Å². The number of ether oxygens (including phenoxy) is 2. The molecule has 76 valence electrons. The van der Waals surface area contributed by atoms with Crippen molar-refractivity contribution in [2.45, 2.75) is 25.9 Å². The van der Waals surface area contributed by atoms with Gasteiger partial charge in [-0.1, -0.05) is 0 Å². The van der Waals surface area contributed by atoms with Crippen LogP contribution >= 0.6 is 0 Å². The Morgan fingerprint density at radius 2 is 2.23 bits per heavy atom. The molecule has 1 unspecified atom stereocenters. The maximum Gasteiger partial charge on any atom is 0.314 e. The summed E-state index contributed by atoms with van der Waals surface area (Å²) in [4.78, 5) is 11.4. The van der Waals surface area contributed by atoms with Crippen molar-refractivity contribution in [3.8, 4) is 0 Å². The molecule has 0 aliphatic carbocycles. The van der Waals surface area contributed by atoms with Crippen molar-refractivity contribution >= 4 is 5.97 Å². The summed E-state index contributed by atoms with van der Waals surface area (Å²) in [5.74, 6) is -0.402. The van der Waals surface area contributed by atoms with E-state index in [2.05, 4.69) is 4.74 Å². The van der Waals surface area contributed by atoms with Gasteiger partial charge in [0.2, 0.25) is 0 Å². The van der Waals surface area contributed by atoms with Crippen molar-refractivity contribution in [3.05, 3.63) is 0 Å². The molecule has 1 rings (SSSR count). The van der Waals surface area contributed by atoms with Crippen LogP contribution < -0.4 is 0 Å². The van der Waals surface area contributed by atoms with Gasteiger partial charge >= 0.3 is 5.97 Å². The molecular weight excluding hydrogens is 172 g/mol. The summed E-state index contributed by atoms with van der Waals surface area (Å²) in [5, 5.41) is 10.1. The number of rotatable bonds is 2. The van der Waals surface area contributed by atoms with E-state index in [0.717, 1.165) is 0 Å². The average Bonchev–Trinajstić information content (AvgIpc) is 2.52. The highest BCUT2D eigenvalue weighted by atomic mass is 16.5. The number of esters is 1. The SMILES string of the molecule is COC(=O)C(C)(C)C1(O)CCOC1. The van der Waals surface area contributed by atoms with Gasteiger partial charge in [0.1, 0.15) is 5.60 Å². The van der Waals surface area contributed by atoms with E-state index in [-0.39, 0.29) is 6.61 Å². The lowest BCUT2D eigenvalue weighted by Crippen LogP contribution is -2.50. The molecule has 1 heterocycles. The van der Waals surface area contributed by atoms with E-state index in [1.807, 2.05) is 0 Å². The number of carbonyl (C=O) groups is 1. The highest BCUT2D eigenvalue weighted by molar-refractivity contribution is 5.77. The summed E-state index contributed by atoms with van der Waals surface area (Å²) in [5.41, 5.74) is -1.99. The number of aliphatic hydroxyl groups is 1. The molecule has 1 saturated heterocycles. The summed E-state index contributed by atoms with van der Waals surface area (Å²) in [6.45, 7) is 4.05. The van der Waals surface area contributed by atoms with E-state index < -0.39 is 17.0 Å². The molecule has 0 aromatic carbocycles. The summed E-state index contributed by atoms with van der Waals surface area (Å²) in [7, 11) is 1.32. The second-order valence-electron chi connectivity index (χ2n) is 3.95. The minimum Gasteiger partial charge on any atom is -0.469 e. The quantitative estimate of drug-likeness (QED) is 0.635. The van der Waals surface area contributed by atoms with Crippen LogP contribution in [0.25, 0.3) is 0 Å². The normalized spacial score (nSPS) is 28.9. The van der Waals surface area contributed by atoms with Crippen LogP contribution in [0.3, 0.4) is 0 Å². The zero-order valence-corrected chi connectivity index (χ0v) is 8.29. The van der Waals surface area contributed by atoms with Crippen molar-refractivity contribution in [2.24, 2.45) is 5.41 Å². The van der Waals surface area contributed by atoms with E-state index >= 15 is 0 Å². The molecule has 1 atom stereocenters. The highest BCUT2D eigenvalue weighted by Crippen LogP contribution is 2.38. The fourth-order valence-electron chi connectivity index (χ4n) is 1.49. The molecule has 4 nitrogen and oxygen atoms in total. The van der Waals surface area contributed by atoms with Gasteiger partial charge in [0.05, 0.1) is 19.1 Å². The lowest BCUT2D eigenvalue weighted by Gasteiger charge is -2.35. The van der Waals surface area contributed by atoms with E-state index in [0.29, 0.717) is 13.0 Å². The summed E-state index contributed by atoms with van der Waals surface area (Å²) >= 11 is 0. The van der Waals surface area contributed by atoms with Gasteiger partial charge in [-0.15, -0.1) is 0 Å². The predicted molar refractivity (Wildman–Crippen MR) is 46.2 cm³/mol. The van der Waals surface area contributed by atoms with E-state index in [1.54, 1.807) is 13.8 Å². The first kappa shape index (κ1) is 10.5. The van der Waals surface area contributed by atoms with Gasteiger partial charge in [-0.3, -0.25) is 4.79 Å². The molecule has 0 spiro atoms. The Kier molecular flexibility index (Phi) is 2.63. The van der Waals surface area contributed by atoms with Gasteiger partial charge in [-0.05, 0) is 13.8 Å². The molecule has 0 saturated carbocycles. The molecule has 4 heteroatoms. The van der Waals surface area contributed by atoms with Crippen molar-refractivity contribution < 1.29 is 19.4 Å². The first-order valence-corrected chi connectivity index (χ1v) is 4.32. The number of hydrogen-bond donors (Lipinski definition) is 1. The maximum absolute atomic E-state index is 11.4. The van der Waals surface area contributed by atoms with Crippen LogP contribution in [0.5, 0.6) is 0 Å². The summed E-state index contributed by atoms with van der Waals surface area (Å²) < 4.78 is 9.72. The minimum atomic E-state index is -1.08. The van der Waals surface area contributed by atoms with Gasteiger partial charge < -0.3 is 14.6 Å². The molecule has 1 aliphatic rings. The van der Waals surface area contributed by atoms with E-state index in [1.165, 1.54) is 7.11 Å². The zero-order valence-electron chi connectivity index (χ0n) is 8.29. The molecular formula is C9H16O4.